The van der Waals surface area contributed by atoms with Crippen LogP contribution in [0.25, 0.3) is 0 Å². The third kappa shape index (κ3) is 2.55. The van der Waals surface area contributed by atoms with Gasteiger partial charge in [-0.2, -0.15) is 5.10 Å². The highest BCUT2D eigenvalue weighted by Crippen LogP contribution is 2.06. The Kier molecular flexibility index (Phi) is 3.17. The molecule has 74 valence electrons. The molecule has 0 atom stereocenters. The van der Waals surface area contributed by atoms with Crippen LogP contribution in [0.4, 0.5) is 9.18 Å². The number of hydrogen-bond acceptors (Lipinski definition) is 2. The molecule has 0 fully saturated rings. The van der Waals surface area contributed by atoms with Gasteiger partial charge >= 0.3 is 6.03 Å². The highest BCUT2D eigenvalue weighted by Gasteiger charge is 2.03. The van der Waals surface area contributed by atoms with Crippen LogP contribution in [0.15, 0.2) is 29.4 Å². The first kappa shape index (κ1) is 10.2. The minimum atomic E-state index is -0.777. The lowest BCUT2D eigenvalue weighted by molar-refractivity contribution is 0.249. The van der Waals surface area contributed by atoms with E-state index in [0.717, 1.165) is 0 Å². The van der Waals surface area contributed by atoms with Crippen LogP contribution >= 0.6 is 0 Å². The Bertz CT molecular complexity index is 376. The van der Waals surface area contributed by atoms with Crippen LogP contribution in [-0.2, 0) is 0 Å². The predicted molar refractivity (Wildman–Crippen MR) is 51.3 cm³/mol. The monoisotopic (exact) mass is 195 g/mol. The molecule has 2 amide bonds. The van der Waals surface area contributed by atoms with Crippen molar-refractivity contribution in [1.82, 2.24) is 5.43 Å². The van der Waals surface area contributed by atoms with Gasteiger partial charge in [0.25, 0.3) is 0 Å². The molecule has 1 aromatic carbocycles. The van der Waals surface area contributed by atoms with Gasteiger partial charge in [-0.1, -0.05) is 18.2 Å². The topological polar surface area (TPSA) is 67.5 Å². The zero-order valence-electron chi connectivity index (χ0n) is 7.62. The summed E-state index contributed by atoms with van der Waals surface area (Å²) in [5.74, 6) is -0.389. The van der Waals surface area contributed by atoms with Crippen LogP contribution in [0.2, 0.25) is 0 Å². The van der Waals surface area contributed by atoms with Crippen molar-refractivity contribution in [3.05, 3.63) is 35.6 Å². The van der Waals surface area contributed by atoms with Crippen LogP contribution < -0.4 is 11.2 Å². The normalized spacial score (nSPS) is 11.1. The quantitative estimate of drug-likeness (QED) is 0.540. The number of hydrazone groups is 1. The molecule has 0 spiro atoms. The fourth-order valence-corrected chi connectivity index (χ4v) is 0.954. The summed E-state index contributed by atoms with van der Waals surface area (Å²) in [6.07, 6.45) is 0. The second-order valence-corrected chi connectivity index (χ2v) is 2.65. The van der Waals surface area contributed by atoms with E-state index in [1.807, 2.05) is 5.43 Å². The van der Waals surface area contributed by atoms with Crippen molar-refractivity contribution in [3.63, 3.8) is 0 Å². The summed E-state index contributed by atoms with van der Waals surface area (Å²) >= 11 is 0. The molecule has 0 heterocycles. The van der Waals surface area contributed by atoms with Crippen LogP contribution in [0.5, 0.6) is 0 Å². The van der Waals surface area contributed by atoms with Gasteiger partial charge in [0.15, 0.2) is 0 Å². The van der Waals surface area contributed by atoms with E-state index in [4.69, 9.17) is 5.73 Å². The molecule has 0 aliphatic rings. The second-order valence-electron chi connectivity index (χ2n) is 2.65. The first-order valence-electron chi connectivity index (χ1n) is 3.96. The lowest BCUT2D eigenvalue weighted by Crippen LogP contribution is -2.25. The molecule has 0 bridgehead atoms. The zero-order chi connectivity index (χ0) is 10.6. The molecule has 0 radical (unpaired) electrons. The van der Waals surface area contributed by atoms with Crippen molar-refractivity contribution in [1.29, 1.82) is 0 Å². The lowest BCUT2D eigenvalue weighted by Gasteiger charge is -2.01. The van der Waals surface area contributed by atoms with Gasteiger partial charge in [0.1, 0.15) is 5.82 Å². The summed E-state index contributed by atoms with van der Waals surface area (Å²) in [6.45, 7) is 1.58. The first-order valence-corrected chi connectivity index (χ1v) is 3.96. The summed E-state index contributed by atoms with van der Waals surface area (Å²) in [7, 11) is 0. The zero-order valence-corrected chi connectivity index (χ0v) is 7.62. The van der Waals surface area contributed by atoms with Gasteiger partial charge in [-0.3, -0.25) is 0 Å². The fourth-order valence-electron chi connectivity index (χ4n) is 0.954. The first-order chi connectivity index (χ1) is 6.61. The number of carbonyl (C=O) groups is 1. The molecule has 0 saturated heterocycles. The Morgan fingerprint density at radius 1 is 1.50 bits per heavy atom. The molecule has 5 heteroatoms. The number of benzene rings is 1. The standard InChI is InChI=1S/C9H10FN3O/c1-6(12-13-9(11)14)7-4-2-3-5-8(7)10/h2-5H,1H3,(H3,11,13,14). The molecule has 0 aromatic heterocycles. The molecule has 1 aromatic rings. The summed E-state index contributed by atoms with van der Waals surface area (Å²) in [4.78, 5) is 10.3. The predicted octanol–water partition coefficient (Wildman–Crippen LogP) is 1.22. The minimum Gasteiger partial charge on any atom is -0.350 e. The highest BCUT2D eigenvalue weighted by molar-refractivity contribution is 5.99. The number of nitrogens with one attached hydrogen (secondary N) is 1. The van der Waals surface area contributed by atoms with E-state index in [-0.39, 0.29) is 5.82 Å². The number of carbonyl (C=O) groups excluding carboxylic acids is 1. The van der Waals surface area contributed by atoms with E-state index < -0.39 is 6.03 Å². The number of nitrogens with zero attached hydrogens (tertiary/aromatic N) is 1. The minimum absolute atomic E-state index is 0.334. The van der Waals surface area contributed by atoms with E-state index in [9.17, 15) is 9.18 Å². The Morgan fingerprint density at radius 2 is 2.14 bits per heavy atom. The molecule has 4 nitrogen and oxygen atoms in total. The summed E-state index contributed by atoms with van der Waals surface area (Å²) in [6, 6.07) is 5.37. The van der Waals surface area contributed by atoms with Gasteiger partial charge in [-0.25, -0.2) is 14.6 Å². The van der Waals surface area contributed by atoms with Crippen LogP contribution in [0, 0.1) is 5.82 Å². The Labute approximate surface area is 80.6 Å². The molecule has 3 N–H and O–H groups in total. The van der Waals surface area contributed by atoms with Crippen molar-refractivity contribution >= 4 is 11.7 Å². The Morgan fingerprint density at radius 3 is 2.71 bits per heavy atom. The van der Waals surface area contributed by atoms with Crippen molar-refractivity contribution in [2.24, 2.45) is 10.8 Å². The largest absolute Gasteiger partial charge is 0.350 e. The molecular formula is C9H10FN3O. The van der Waals surface area contributed by atoms with Crippen LogP contribution in [0.3, 0.4) is 0 Å². The van der Waals surface area contributed by atoms with Gasteiger partial charge in [-0.15, -0.1) is 0 Å². The summed E-state index contributed by atoms with van der Waals surface area (Å²) < 4.78 is 13.1. The van der Waals surface area contributed by atoms with Gasteiger partial charge in [0, 0.05) is 5.56 Å². The molecule has 1 rings (SSSR count). The Balaban J connectivity index is 2.89. The molecule has 0 saturated carbocycles. The van der Waals surface area contributed by atoms with E-state index >= 15 is 0 Å². The van der Waals surface area contributed by atoms with Crippen LogP contribution in [-0.4, -0.2) is 11.7 Å². The van der Waals surface area contributed by atoms with Gasteiger partial charge in [0.2, 0.25) is 0 Å². The van der Waals surface area contributed by atoms with E-state index in [1.165, 1.54) is 6.07 Å². The third-order valence-corrected chi connectivity index (χ3v) is 1.60. The lowest BCUT2D eigenvalue weighted by atomic mass is 10.1. The fraction of sp³-hybridized carbons (Fsp3) is 0.111. The summed E-state index contributed by atoms with van der Waals surface area (Å²) in [5.41, 5.74) is 7.53. The number of nitrogens with two attached hydrogens (primary N) is 1. The maximum absolute atomic E-state index is 13.1. The van der Waals surface area contributed by atoms with E-state index in [0.29, 0.717) is 11.3 Å². The summed E-state index contributed by atoms with van der Waals surface area (Å²) in [5, 5.41) is 3.61. The van der Waals surface area contributed by atoms with E-state index in [1.54, 1.807) is 25.1 Å². The van der Waals surface area contributed by atoms with Gasteiger partial charge < -0.3 is 5.73 Å². The molecule has 0 unspecified atom stereocenters. The number of urea groups is 1. The smallest absolute Gasteiger partial charge is 0.332 e. The number of halogens is 1. The average molecular weight is 195 g/mol. The van der Waals surface area contributed by atoms with Gasteiger partial charge in [-0.05, 0) is 13.0 Å². The maximum atomic E-state index is 13.1. The van der Waals surface area contributed by atoms with E-state index in [2.05, 4.69) is 5.10 Å². The van der Waals surface area contributed by atoms with Crippen molar-refractivity contribution in [2.45, 2.75) is 6.92 Å². The number of primary amides is 1. The molecule has 14 heavy (non-hydrogen) atoms. The SMILES string of the molecule is CC(=NNC(N)=O)c1ccccc1F. The van der Waals surface area contributed by atoms with Gasteiger partial charge in [0.05, 0.1) is 5.71 Å². The van der Waals surface area contributed by atoms with Crippen molar-refractivity contribution in [3.8, 4) is 0 Å². The number of hydrogen-bond donors (Lipinski definition) is 2. The van der Waals surface area contributed by atoms with Crippen LogP contribution in [0.1, 0.15) is 12.5 Å². The average Bonchev–Trinajstić information content (AvgIpc) is 2.15. The Hall–Kier alpha value is -1.91. The molecule has 0 aliphatic carbocycles. The number of rotatable bonds is 2. The number of amides is 2. The second kappa shape index (κ2) is 4.36. The van der Waals surface area contributed by atoms with Crippen molar-refractivity contribution < 1.29 is 9.18 Å². The third-order valence-electron chi connectivity index (χ3n) is 1.60. The molecule has 0 aliphatic heterocycles. The molecular weight excluding hydrogens is 185 g/mol. The highest BCUT2D eigenvalue weighted by atomic mass is 19.1. The maximum Gasteiger partial charge on any atom is 0.332 e. The van der Waals surface area contributed by atoms with Crippen molar-refractivity contribution in [2.75, 3.05) is 0 Å².